The van der Waals surface area contributed by atoms with Crippen molar-refractivity contribution >= 4 is 11.6 Å². The molecule has 1 heterocycles. The Balaban J connectivity index is 2.15. The molecule has 0 unspecified atom stereocenters. The van der Waals surface area contributed by atoms with Crippen LogP contribution in [0.1, 0.15) is 17.5 Å². The summed E-state index contributed by atoms with van der Waals surface area (Å²) in [6.07, 6.45) is 1.36. The third-order valence-corrected chi connectivity index (χ3v) is 2.51. The SMILES string of the molecule is O=C1CCc2cc(CNCO)ccc2N1. The van der Waals surface area contributed by atoms with Gasteiger partial charge in [0.25, 0.3) is 0 Å². The second-order valence-electron chi connectivity index (χ2n) is 3.62. The molecule has 1 aromatic rings. The molecule has 0 atom stereocenters. The summed E-state index contributed by atoms with van der Waals surface area (Å²) in [6, 6.07) is 5.94. The van der Waals surface area contributed by atoms with Crippen LogP contribution < -0.4 is 10.6 Å². The van der Waals surface area contributed by atoms with Gasteiger partial charge in [-0.25, -0.2) is 0 Å². The molecule has 4 heteroatoms. The smallest absolute Gasteiger partial charge is 0.224 e. The van der Waals surface area contributed by atoms with Crippen LogP contribution in [0.5, 0.6) is 0 Å². The van der Waals surface area contributed by atoms with Crippen LogP contribution in [-0.4, -0.2) is 17.7 Å². The summed E-state index contributed by atoms with van der Waals surface area (Å²) in [5, 5.41) is 14.3. The molecule has 0 fully saturated rings. The van der Waals surface area contributed by atoms with Crippen molar-refractivity contribution in [1.29, 1.82) is 0 Å². The Morgan fingerprint density at radius 2 is 2.27 bits per heavy atom. The number of hydrogen-bond donors (Lipinski definition) is 3. The molecule has 1 aromatic carbocycles. The highest BCUT2D eigenvalue weighted by Crippen LogP contribution is 2.23. The van der Waals surface area contributed by atoms with Crippen LogP contribution in [0, 0.1) is 0 Å². The van der Waals surface area contributed by atoms with Crippen LogP contribution in [0.2, 0.25) is 0 Å². The minimum absolute atomic E-state index is 0.0200. The predicted molar refractivity (Wildman–Crippen MR) is 57.3 cm³/mol. The van der Waals surface area contributed by atoms with Gasteiger partial charge in [0.05, 0.1) is 6.73 Å². The lowest BCUT2D eigenvalue weighted by atomic mass is 10.0. The van der Waals surface area contributed by atoms with Crippen molar-refractivity contribution in [2.75, 3.05) is 12.0 Å². The fourth-order valence-corrected chi connectivity index (χ4v) is 1.75. The molecule has 0 saturated heterocycles. The van der Waals surface area contributed by atoms with Gasteiger partial charge in [0, 0.05) is 18.7 Å². The van der Waals surface area contributed by atoms with Gasteiger partial charge in [0.1, 0.15) is 0 Å². The largest absolute Gasteiger partial charge is 0.381 e. The average molecular weight is 206 g/mol. The number of rotatable bonds is 3. The zero-order chi connectivity index (χ0) is 10.7. The highest BCUT2D eigenvalue weighted by molar-refractivity contribution is 5.93. The summed E-state index contributed by atoms with van der Waals surface area (Å²) < 4.78 is 0. The van der Waals surface area contributed by atoms with Crippen LogP contribution >= 0.6 is 0 Å². The number of aliphatic hydroxyl groups excluding tert-OH is 1. The Labute approximate surface area is 88.3 Å². The highest BCUT2D eigenvalue weighted by Gasteiger charge is 2.14. The molecule has 0 saturated carbocycles. The van der Waals surface area contributed by atoms with Crippen molar-refractivity contribution in [3.05, 3.63) is 29.3 Å². The molecule has 0 bridgehead atoms. The van der Waals surface area contributed by atoms with E-state index in [1.165, 1.54) is 5.56 Å². The van der Waals surface area contributed by atoms with Crippen molar-refractivity contribution in [3.63, 3.8) is 0 Å². The maximum atomic E-state index is 11.1. The number of fused-ring (bicyclic) bond motifs is 1. The quantitative estimate of drug-likeness (QED) is 0.635. The minimum Gasteiger partial charge on any atom is -0.381 e. The Hall–Kier alpha value is -1.39. The maximum Gasteiger partial charge on any atom is 0.224 e. The first-order valence-corrected chi connectivity index (χ1v) is 5.03. The lowest BCUT2D eigenvalue weighted by Gasteiger charge is -2.17. The highest BCUT2D eigenvalue weighted by atomic mass is 16.3. The molecule has 3 N–H and O–H groups in total. The summed E-state index contributed by atoms with van der Waals surface area (Å²) in [6.45, 7) is 0.631. The van der Waals surface area contributed by atoms with E-state index in [0.29, 0.717) is 13.0 Å². The molecule has 2 rings (SSSR count). The summed E-state index contributed by atoms with van der Waals surface area (Å²) in [4.78, 5) is 11.1. The number of benzene rings is 1. The zero-order valence-corrected chi connectivity index (χ0v) is 8.42. The zero-order valence-electron chi connectivity index (χ0n) is 8.42. The maximum absolute atomic E-state index is 11.1. The molecule has 0 aliphatic carbocycles. The third kappa shape index (κ3) is 2.34. The number of aliphatic hydroxyl groups is 1. The Morgan fingerprint density at radius 3 is 3.07 bits per heavy atom. The van der Waals surface area contributed by atoms with Gasteiger partial charge in [-0.1, -0.05) is 12.1 Å². The van der Waals surface area contributed by atoms with Gasteiger partial charge in [0.15, 0.2) is 0 Å². The molecular weight excluding hydrogens is 192 g/mol. The number of hydrogen-bond acceptors (Lipinski definition) is 3. The first-order chi connectivity index (χ1) is 7.29. The van der Waals surface area contributed by atoms with Crippen molar-refractivity contribution in [1.82, 2.24) is 5.32 Å². The van der Waals surface area contributed by atoms with Crippen LogP contribution in [0.25, 0.3) is 0 Å². The molecular formula is C11H14N2O2. The van der Waals surface area contributed by atoms with Gasteiger partial charge in [-0.15, -0.1) is 0 Å². The number of carbonyl (C=O) groups is 1. The van der Waals surface area contributed by atoms with E-state index in [9.17, 15) is 4.79 Å². The first kappa shape index (κ1) is 10.1. The second-order valence-corrected chi connectivity index (χ2v) is 3.62. The number of amides is 1. The van der Waals surface area contributed by atoms with Crippen LogP contribution in [0.3, 0.4) is 0 Å². The van der Waals surface area contributed by atoms with E-state index in [0.717, 1.165) is 17.7 Å². The lowest BCUT2D eigenvalue weighted by molar-refractivity contribution is -0.116. The Morgan fingerprint density at radius 1 is 1.40 bits per heavy atom. The lowest BCUT2D eigenvalue weighted by Crippen LogP contribution is -2.19. The van der Waals surface area contributed by atoms with Gasteiger partial charge in [-0.3, -0.25) is 10.1 Å². The molecule has 1 aliphatic heterocycles. The molecule has 80 valence electrons. The standard InChI is InChI=1S/C11H14N2O2/c14-7-12-6-8-1-3-10-9(5-8)2-4-11(15)13-10/h1,3,5,12,14H,2,4,6-7H2,(H,13,15). The topological polar surface area (TPSA) is 61.4 Å². The Bertz CT molecular complexity index is 377. The van der Waals surface area contributed by atoms with E-state index < -0.39 is 0 Å². The molecule has 15 heavy (non-hydrogen) atoms. The molecule has 1 aliphatic rings. The summed E-state index contributed by atoms with van der Waals surface area (Å²) in [7, 11) is 0. The van der Waals surface area contributed by atoms with Gasteiger partial charge in [0.2, 0.25) is 5.91 Å². The van der Waals surface area contributed by atoms with Crippen LogP contribution in [0.4, 0.5) is 5.69 Å². The van der Waals surface area contributed by atoms with Gasteiger partial charge < -0.3 is 10.4 Å². The summed E-state index contributed by atoms with van der Waals surface area (Å²) in [5.41, 5.74) is 3.21. The summed E-state index contributed by atoms with van der Waals surface area (Å²) in [5.74, 6) is 0.0868. The summed E-state index contributed by atoms with van der Waals surface area (Å²) >= 11 is 0. The number of carbonyl (C=O) groups excluding carboxylic acids is 1. The third-order valence-electron chi connectivity index (χ3n) is 2.51. The number of aryl methyl sites for hydroxylation is 1. The molecule has 0 spiro atoms. The Kier molecular flexibility index (Phi) is 2.99. The average Bonchev–Trinajstić information content (AvgIpc) is 2.26. The minimum atomic E-state index is -0.0200. The van der Waals surface area contributed by atoms with Gasteiger partial charge in [-0.2, -0.15) is 0 Å². The van der Waals surface area contributed by atoms with Crippen molar-refractivity contribution in [2.24, 2.45) is 0 Å². The predicted octanol–water partition coefficient (Wildman–Crippen LogP) is 0.611. The monoisotopic (exact) mass is 206 g/mol. The van der Waals surface area contributed by atoms with Crippen molar-refractivity contribution < 1.29 is 9.90 Å². The van der Waals surface area contributed by atoms with E-state index in [2.05, 4.69) is 16.7 Å². The van der Waals surface area contributed by atoms with Crippen LogP contribution in [0.15, 0.2) is 18.2 Å². The van der Waals surface area contributed by atoms with E-state index in [4.69, 9.17) is 5.11 Å². The van der Waals surface area contributed by atoms with Crippen LogP contribution in [-0.2, 0) is 17.8 Å². The fraction of sp³-hybridized carbons (Fsp3) is 0.364. The van der Waals surface area contributed by atoms with Gasteiger partial charge >= 0.3 is 0 Å². The van der Waals surface area contributed by atoms with E-state index >= 15 is 0 Å². The number of nitrogens with one attached hydrogen (secondary N) is 2. The molecule has 4 nitrogen and oxygen atoms in total. The second kappa shape index (κ2) is 4.42. The molecule has 1 amide bonds. The normalized spacial score (nSPS) is 14.6. The van der Waals surface area contributed by atoms with E-state index in [1.54, 1.807) is 0 Å². The first-order valence-electron chi connectivity index (χ1n) is 5.03. The van der Waals surface area contributed by atoms with Crippen molar-refractivity contribution in [2.45, 2.75) is 19.4 Å². The van der Waals surface area contributed by atoms with Gasteiger partial charge in [-0.05, 0) is 23.6 Å². The molecule has 0 aromatic heterocycles. The van der Waals surface area contributed by atoms with E-state index in [-0.39, 0.29) is 12.6 Å². The van der Waals surface area contributed by atoms with E-state index in [1.807, 2.05) is 12.1 Å². The molecule has 0 radical (unpaired) electrons. The van der Waals surface area contributed by atoms with Crippen molar-refractivity contribution in [3.8, 4) is 0 Å². The number of anilines is 1. The fourth-order valence-electron chi connectivity index (χ4n) is 1.75.